The Hall–Kier alpha value is -3.35. The lowest BCUT2D eigenvalue weighted by molar-refractivity contribution is 0.310. The molecular weight excluding hydrogens is 428 g/mol. The third-order valence-electron chi connectivity index (χ3n) is 5.65. The SMILES string of the molecule is Cc1cccc2cc(CN(CCC#N)S(=O)(=O)c3ccc4c(c3)OCCN4C)c(=O)[nH]c12. The summed E-state index contributed by atoms with van der Waals surface area (Å²) in [6, 6.07) is 14.1. The quantitative estimate of drug-likeness (QED) is 0.616. The number of sulfonamides is 1. The predicted molar refractivity (Wildman–Crippen MR) is 122 cm³/mol. The van der Waals surface area contributed by atoms with Crippen molar-refractivity contribution in [1.82, 2.24) is 9.29 Å². The van der Waals surface area contributed by atoms with E-state index >= 15 is 0 Å². The standard InChI is InChI=1S/C23H24N4O4S/c1-16-5-3-6-17-13-18(23(28)25-22(16)17)15-27(10-4-9-24)32(29,30)19-7-8-20-21(14-19)31-12-11-26(20)2/h3,5-8,13-14H,4,10-12,15H2,1-2H3,(H,25,28). The second-order valence-corrected chi connectivity index (χ2v) is 9.75. The molecule has 8 nitrogen and oxygen atoms in total. The van der Waals surface area contributed by atoms with Crippen molar-refractivity contribution in [2.75, 3.05) is 31.6 Å². The lowest BCUT2D eigenvalue weighted by atomic mass is 10.1. The van der Waals surface area contributed by atoms with Crippen molar-refractivity contribution in [2.24, 2.45) is 0 Å². The highest BCUT2D eigenvalue weighted by atomic mass is 32.2. The number of benzene rings is 2. The molecule has 0 radical (unpaired) electrons. The summed E-state index contributed by atoms with van der Waals surface area (Å²) in [6.07, 6.45) is 0.00794. The fourth-order valence-corrected chi connectivity index (χ4v) is 5.28. The van der Waals surface area contributed by atoms with Gasteiger partial charge in [0, 0.05) is 38.2 Å². The van der Waals surface area contributed by atoms with Crippen molar-refractivity contribution in [3.63, 3.8) is 0 Å². The minimum absolute atomic E-state index is 0.00794. The van der Waals surface area contributed by atoms with E-state index in [0.29, 0.717) is 17.9 Å². The molecule has 0 unspecified atom stereocenters. The lowest BCUT2D eigenvalue weighted by Gasteiger charge is -2.28. The van der Waals surface area contributed by atoms with Crippen LogP contribution >= 0.6 is 0 Å². The average molecular weight is 453 g/mol. The number of aromatic amines is 1. The summed E-state index contributed by atoms with van der Waals surface area (Å²) >= 11 is 0. The maximum Gasteiger partial charge on any atom is 0.252 e. The van der Waals surface area contributed by atoms with Gasteiger partial charge in [-0.3, -0.25) is 4.79 Å². The third kappa shape index (κ3) is 4.07. The van der Waals surface area contributed by atoms with E-state index in [9.17, 15) is 13.2 Å². The van der Waals surface area contributed by atoms with Crippen LogP contribution in [0.2, 0.25) is 0 Å². The number of para-hydroxylation sites is 1. The van der Waals surface area contributed by atoms with Gasteiger partial charge in [-0.15, -0.1) is 0 Å². The van der Waals surface area contributed by atoms with Crippen LogP contribution in [0.15, 0.2) is 52.2 Å². The van der Waals surface area contributed by atoms with Crippen LogP contribution < -0.4 is 15.2 Å². The van der Waals surface area contributed by atoms with Gasteiger partial charge in [-0.05, 0) is 36.1 Å². The molecule has 0 spiro atoms. The zero-order valence-electron chi connectivity index (χ0n) is 18.0. The number of aryl methyl sites for hydroxylation is 1. The molecule has 1 aliphatic rings. The Labute approximate surface area is 186 Å². The number of hydrogen-bond acceptors (Lipinski definition) is 6. The zero-order chi connectivity index (χ0) is 22.9. The second-order valence-electron chi connectivity index (χ2n) is 7.81. The molecule has 1 aliphatic heterocycles. The molecule has 0 amide bonds. The monoisotopic (exact) mass is 452 g/mol. The van der Waals surface area contributed by atoms with E-state index < -0.39 is 10.0 Å². The smallest absolute Gasteiger partial charge is 0.252 e. The van der Waals surface area contributed by atoms with Gasteiger partial charge >= 0.3 is 0 Å². The van der Waals surface area contributed by atoms with Crippen LogP contribution in [0.25, 0.3) is 10.9 Å². The van der Waals surface area contributed by atoms with Crippen molar-refractivity contribution >= 4 is 26.6 Å². The van der Waals surface area contributed by atoms with Gasteiger partial charge in [0.05, 0.1) is 28.7 Å². The normalized spacial score (nSPS) is 13.6. The number of pyridine rings is 1. The molecule has 2 aromatic carbocycles. The Morgan fingerprint density at radius 3 is 2.84 bits per heavy atom. The van der Waals surface area contributed by atoms with E-state index in [0.717, 1.165) is 28.7 Å². The number of ether oxygens (including phenoxy) is 1. The van der Waals surface area contributed by atoms with E-state index in [1.54, 1.807) is 12.1 Å². The van der Waals surface area contributed by atoms with Crippen LogP contribution in [0, 0.1) is 18.3 Å². The van der Waals surface area contributed by atoms with Gasteiger partial charge in [-0.2, -0.15) is 9.57 Å². The molecule has 0 fully saturated rings. The minimum atomic E-state index is -3.97. The van der Waals surface area contributed by atoms with E-state index in [1.807, 2.05) is 43.1 Å². The molecule has 2 heterocycles. The van der Waals surface area contributed by atoms with Gasteiger partial charge in [0.2, 0.25) is 10.0 Å². The molecule has 0 aliphatic carbocycles. The van der Waals surface area contributed by atoms with Gasteiger partial charge < -0.3 is 14.6 Å². The van der Waals surface area contributed by atoms with Crippen LogP contribution in [0.4, 0.5) is 5.69 Å². The molecule has 32 heavy (non-hydrogen) atoms. The molecule has 0 bridgehead atoms. The molecule has 0 saturated carbocycles. The van der Waals surface area contributed by atoms with Gasteiger partial charge in [-0.25, -0.2) is 8.42 Å². The van der Waals surface area contributed by atoms with Crippen LogP contribution in [0.3, 0.4) is 0 Å². The maximum atomic E-state index is 13.5. The Bertz CT molecular complexity index is 1370. The topological polar surface area (TPSA) is 106 Å². The average Bonchev–Trinajstić information content (AvgIpc) is 2.77. The van der Waals surface area contributed by atoms with Crippen molar-refractivity contribution in [1.29, 1.82) is 5.26 Å². The highest BCUT2D eigenvalue weighted by Gasteiger charge is 2.27. The Morgan fingerprint density at radius 1 is 1.25 bits per heavy atom. The summed E-state index contributed by atoms with van der Waals surface area (Å²) in [5, 5.41) is 9.89. The fourth-order valence-electron chi connectivity index (χ4n) is 3.84. The van der Waals surface area contributed by atoms with Crippen LogP contribution in [-0.4, -0.2) is 44.5 Å². The number of nitrogens with zero attached hydrogens (tertiary/aromatic N) is 3. The number of H-pyrrole nitrogens is 1. The number of anilines is 1. The summed E-state index contributed by atoms with van der Waals surface area (Å²) in [7, 11) is -2.05. The van der Waals surface area contributed by atoms with Crippen LogP contribution in [0.1, 0.15) is 17.5 Å². The van der Waals surface area contributed by atoms with E-state index in [-0.39, 0.29) is 30.0 Å². The molecular formula is C23H24N4O4S. The highest BCUT2D eigenvalue weighted by molar-refractivity contribution is 7.89. The number of fused-ring (bicyclic) bond motifs is 2. The zero-order valence-corrected chi connectivity index (χ0v) is 18.8. The first kappa shape index (κ1) is 21.9. The molecule has 4 rings (SSSR count). The van der Waals surface area contributed by atoms with Crippen LogP contribution in [-0.2, 0) is 16.6 Å². The molecule has 166 valence electrons. The molecule has 9 heteroatoms. The molecule has 0 atom stereocenters. The Morgan fingerprint density at radius 2 is 2.06 bits per heavy atom. The number of rotatable bonds is 6. The largest absolute Gasteiger partial charge is 0.490 e. The van der Waals surface area contributed by atoms with E-state index in [1.165, 1.54) is 16.4 Å². The van der Waals surface area contributed by atoms with Gasteiger partial charge in [0.25, 0.3) is 5.56 Å². The predicted octanol–water partition coefficient (Wildman–Crippen LogP) is 2.77. The van der Waals surface area contributed by atoms with Crippen molar-refractivity contribution in [3.05, 3.63) is 63.9 Å². The maximum absolute atomic E-state index is 13.5. The van der Waals surface area contributed by atoms with E-state index in [2.05, 4.69) is 4.98 Å². The summed E-state index contributed by atoms with van der Waals surface area (Å²) in [5.74, 6) is 0.499. The lowest BCUT2D eigenvalue weighted by Crippen LogP contribution is -2.34. The van der Waals surface area contributed by atoms with Crippen molar-refractivity contribution < 1.29 is 13.2 Å². The van der Waals surface area contributed by atoms with Gasteiger partial charge in [0.1, 0.15) is 12.4 Å². The van der Waals surface area contributed by atoms with Gasteiger partial charge in [0.15, 0.2) is 0 Å². The number of aromatic nitrogens is 1. The second kappa shape index (κ2) is 8.65. The van der Waals surface area contributed by atoms with Crippen molar-refractivity contribution in [3.8, 4) is 11.8 Å². The van der Waals surface area contributed by atoms with Crippen LogP contribution in [0.5, 0.6) is 5.75 Å². The summed E-state index contributed by atoms with van der Waals surface area (Å²) in [5.41, 5.74) is 2.45. The van der Waals surface area contributed by atoms with E-state index in [4.69, 9.17) is 10.00 Å². The fraction of sp³-hybridized carbons (Fsp3) is 0.304. The third-order valence-corrected chi connectivity index (χ3v) is 7.49. The molecule has 3 aromatic rings. The molecule has 1 N–H and O–H groups in total. The minimum Gasteiger partial charge on any atom is -0.490 e. The number of nitrogens with one attached hydrogen (secondary N) is 1. The number of nitriles is 1. The van der Waals surface area contributed by atoms with Gasteiger partial charge in [-0.1, -0.05) is 18.2 Å². The first-order valence-electron chi connectivity index (χ1n) is 10.3. The Balaban J connectivity index is 1.73. The summed E-state index contributed by atoms with van der Waals surface area (Å²) in [6.45, 7) is 2.93. The molecule has 0 saturated heterocycles. The Kier molecular flexibility index (Phi) is 5.91. The number of likely N-dealkylation sites (N-methyl/N-ethyl adjacent to an activating group) is 1. The highest BCUT2D eigenvalue weighted by Crippen LogP contribution is 2.34. The summed E-state index contributed by atoms with van der Waals surface area (Å²) in [4.78, 5) is 17.6. The first-order chi connectivity index (χ1) is 15.3. The molecule has 1 aromatic heterocycles. The number of hydrogen-bond donors (Lipinski definition) is 1. The summed E-state index contributed by atoms with van der Waals surface area (Å²) < 4.78 is 33.8. The van der Waals surface area contributed by atoms with Crippen molar-refractivity contribution in [2.45, 2.75) is 24.8 Å². The first-order valence-corrected chi connectivity index (χ1v) is 11.7.